The monoisotopic (exact) mass is 477 g/mol. The van der Waals surface area contributed by atoms with Gasteiger partial charge in [-0.3, -0.25) is 13.9 Å². The molecule has 0 saturated heterocycles. The molecule has 1 N–H and O–H groups in total. The highest BCUT2D eigenvalue weighted by Gasteiger charge is 2.30. The van der Waals surface area contributed by atoms with Gasteiger partial charge in [0.15, 0.2) is 11.5 Å². The molecule has 2 amide bonds. The van der Waals surface area contributed by atoms with Gasteiger partial charge in [0.1, 0.15) is 12.6 Å². The summed E-state index contributed by atoms with van der Waals surface area (Å²) in [6.07, 6.45) is 1.02. The summed E-state index contributed by atoms with van der Waals surface area (Å²) >= 11 is 0. The zero-order valence-corrected chi connectivity index (χ0v) is 20.4. The molecule has 1 atom stereocenters. The van der Waals surface area contributed by atoms with E-state index in [9.17, 15) is 18.0 Å². The highest BCUT2D eigenvalue weighted by Crippen LogP contribution is 2.32. The topological polar surface area (TPSA) is 105 Å². The van der Waals surface area contributed by atoms with Crippen LogP contribution in [0.2, 0.25) is 0 Å². The van der Waals surface area contributed by atoms with Crippen LogP contribution in [0.3, 0.4) is 0 Å². The lowest BCUT2D eigenvalue weighted by atomic mass is 10.1. The van der Waals surface area contributed by atoms with E-state index in [-0.39, 0.29) is 18.1 Å². The molecule has 2 rings (SSSR count). The molecule has 0 aliphatic rings. The summed E-state index contributed by atoms with van der Waals surface area (Å²) in [7, 11) is -0.922. The fourth-order valence-corrected chi connectivity index (χ4v) is 4.12. The molecular formula is C23H31N3O6S. The highest BCUT2D eigenvalue weighted by atomic mass is 32.2. The quantitative estimate of drug-likeness (QED) is 0.531. The molecule has 2 aromatic carbocycles. The number of ether oxygens (including phenoxy) is 2. The van der Waals surface area contributed by atoms with E-state index in [4.69, 9.17) is 9.47 Å². The Morgan fingerprint density at radius 2 is 1.67 bits per heavy atom. The van der Waals surface area contributed by atoms with E-state index in [1.54, 1.807) is 19.9 Å². The third-order valence-electron chi connectivity index (χ3n) is 5.05. The first-order valence-corrected chi connectivity index (χ1v) is 12.3. The van der Waals surface area contributed by atoms with Crippen LogP contribution >= 0.6 is 0 Å². The molecule has 0 radical (unpaired) electrons. The van der Waals surface area contributed by atoms with Gasteiger partial charge >= 0.3 is 0 Å². The molecule has 10 heteroatoms. The minimum absolute atomic E-state index is 0.154. The number of nitrogens with one attached hydrogen (secondary N) is 1. The molecule has 2 aromatic rings. The maximum absolute atomic E-state index is 13.4. The molecule has 0 aromatic heterocycles. The largest absolute Gasteiger partial charge is 0.493 e. The fraction of sp³-hybridized carbons (Fsp3) is 0.391. The molecule has 33 heavy (non-hydrogen) atoms. The summed E-state index contributed by atoms with van der Waals surface area (Å²) in [6, 6.07) is 13.0. The molecule has 0 aliphatic heterocycles. The summed E-state index contributed by atoms with van der Waals surface area (Å²) in [6.45, 7) is 3.49. The third kappa shape index (κ3) is 6.85. The van der Waals surface area contributed by atoms with Crippen molar-refractivity contribution in [2.24, 2.45) is 0 Å². The molecular weight excluding hydrogens is 446 g/mol. The predicted molar refractivity (Wildman–Crippen MR) is 127 cm³/mol. The Morgan fingerprint density at radius 3 is 2.21 bits per heavy atom. The lowest BCUT2D eigenvalue weighted by Crippen LogP contribution is -2.51. The first kappa shape index (κ1) is 26.0. The van der Waals surface area contributed by atoms with Crippen molar-refractivity contribution in [2.45, 2.75) is 26.4 Å². The number of hydrogen-bond acceptors (Lipinski definition) is 6. The van der Waals surface area contributed by atoms with E-state index < -0.39 is 28.5 Å². The number of anilines is 1. The van der Waals surface area contributed by atoms with Crippen LogP contribution in [0.1, 0.15) is 19.4 Å². The van der Waals surface area contributed by atoms with Crippen LogP contribution < -0.4 is 19.1 Å². The Labute approximate surface area is 195 Å². The Bertz CT molecular complexity index is 1060. The summed E-state index contributed by atoms with van der Waals surface area (Å²) in [5.41, 5.74) is 1.06. The second kappa shape index (κ2) is 11.6. The van der Waals surface area contributed by atoms with E-state index in [0.717, 1.165) is 16.1 Å². The molecule has 0 bridgehead atoms. The molecule has 0 unspecified atom stereocenters. The summed E-state index contributed by atoms with van der Waals surface area (Å²) < 4.78 is 36.7. The van der Waals surface area contributed by atoms with Crippen molar-refractivity contribution >= 4 is 27.5 Å². The Hall–Kier alpha value is -3.27. The minimum atomic E-state index is -3.83. The lowest BCUT2D eigenvalue weighted by molar-refractivity contribution is -0.139. The Morgan fingerprint density at radius 1 is 1.03 bits per heavy atom. The van der Waals surface area contributed by atoms with E-state index in [1.165, 1.54) is 31.3 Å². The van der Waals surface area contributed by atoms with Gasteiger partial charge in [-0.15, -0.1) is 0 Å². The van der Waals surface area contributed by atoms with Gasteiger partial charge in [-0.25, -0.2) is 8.42 Å². The second-order valence-corrected chi connectivity index (χ2v) is 9.29. The van der Waals surface area contributed by atoms with E-state index in [1.807, 2.05) is 30.3 Å². The molecule has 9 nitrogen and oxygen atoms in total. The first-order valence-electron chi connectivity index (χ1n) is 10.4. The van der Waals surface area contributed by atoms with Gasteiger partial charge in [0, 0.05) is 19.2 Å². The summed E-state index contributed by atoms with van der Waals surface area (Å²) in [5, 5.41) is 2.71. The maximum atomic E-state index is 13.4. The highest BCUT2D eigenvalue weighted by molar-refractivity contribution is 7.92. The zero-order chi connectivity index (χ0) is 24.6. The van der Waals surface area contributed by atoms with Crippen LogP contribution in [0.5, 0.6) is 11.5 Å². The molecule has 0 heterocycles. The standard InChI is InChI=1S/C23H31N3O6S/c1-6-24-23(28)17(2)25(15-18-10-8-7-9-11-18)22(27)16-26(33(5,29)30)19-12-13-20(31-3)21(14-19)32-4/h7-14,17H,6,15-16H2,1-5H3,(H,24,28)/t17-/m0/s1. The lowest BCUT2D eigenvalue weighted by Gasteiger charge is -2.31. The number of benzene rings is 2. The average Bonchev–Trinajstić information content (AvgIpc) is 2.80. The smallest absolute Gasteiger partial charge is 0.244 e. The van der Waals surface area contributed by atoms with Crippen LogP contribution in [0.25, 0.3) is 0 Å². The van der Waals surface area contributed by atoms with Crippen molar-refractivity contribution < 1.29 is 27.5 Å². The second-order valence-electron chi connectivity index (χ2n) is 7.39. The van der Waals surface area contributed by atoms with Gasteiger partial charge in [-0.2, -0.15) is 0 Å². The number of carbonyl (C=O) groups excluding carboxylic acids is 2. The zero-order valence-electron chi connectivity index (χ0n) is 19.6. The number of nitrogens with zero attached hydrogens (tertiary/aromatic N) is 2. The fourth-order valence-electron chi connectivity index (χ4n) is 3.28. The van der Waals surface area contributed by atoms with E-state index in [2.05, 4.69) is 5.32 Å². The Kier molecular flexibility index (Phi) is 9.10. The number of sulfonamides is 1. The summed E-state index contributed by atoms with van der Waals surface area (Å²) in [5.74, 6) is -0.0823. The van der Waals surface area contributed by atoms with Gasteiger partial charge in [0.2, 0.25) is 21.8 Å². The minimum Gasteiger partial charge on any atom is -0.493 e. The van der Waals surface area contributed by atoms with Crippen LogP contribution in [0.4, 0.5) is 5.69 Å². The molecule has 0 fully saturated rings. The Balaban J connectivity index is 2.41. The van der Waals surface area contributed by atoms with Gasteiger partial charge in [0.05, 0.1) is 26.2 Å². The predicted octanol–water partition coefficient (Wildman–Crippen LogP) is 2.02. The van der Waals surface area contributed by atoms with Gasteiger partial charge in [-0.1, -0.05) is 30.3 Å². The van der Waals surface area contributed by atoms with Crippen molar-refractivity contribution in [3.8, 4) is 11.5 Å². The van der Waals surface area contributed by atoms with Gasteiger partial charge in [-0.05, 0) is 31.5 Å². The first-order chi connectivity index (χ1) is 15.6. The molecule has 180 valence electrons. The number of hydrogen-bond donors (Lipinski definition) is 1. The number of rotatable bonds is 11. The van der Waals surface area contributed by atoms with Crippen molar-refractivity contribution in [2.75, 3.05) is 37.9 Å². The normalized spacial score (nSPS) is 11.9. The molecule has 0 spiro atoms. The van der Waals surface area contributed by atoms with Crippen molar-refractivity contribution in [1.29, 1.82) is 0 Å². The molecule has 0 aliphatic carbocycles. The van der Waals surface area contributed by atoms with Crippen molar-refractivity contribution in [1.82, 2.24) is 10.2 Å². The van der Waals surface area contributed by atoms with Gasteiger partial charge < -0.3 is 19.7 Å². The van der Waals surface area contributed by atoms with Crippen LogP contribution in [0.15, 0.2) is 48.5 Å². The number of methoxy groups -OCH3 is 2. The SMILES string of the molecule is CCNC(=O)[C@H](C)N(Cc1ccccc1)C(=O)CN(c1ccc(OC)c(OC)c1)S(C)(=O)=O. The van der Waals surface area contributed by atoms with E-state index >= 15 is 0 Å². The van der Waals surface area contributed by atoms with Crippen molar-refractivity contribution in [3.05, 3.63) is 54.1 Å². The number of likely N-dealkylation sites (N-methyl/N-ethyl adjacent to an activating group) is 1. The molecule has 0 saturated carbocycles. The van der Waals surface area contributed by atoms with Crippen LogP contribution in [-0.2, 0) is 26.2 Å². The number of amides is 2. The summed E-state index contributed by atoms with van der Waals surface area (Å²) in [4.78, 5) is 27.3. The average molecular weight is 478 g/mol. The number of carbonyl (C=O) groups is 2. The maximum Gasteiger partial charge on any atom is 0.244 e. The van der Waals surface area contributed by atoms with Crippen molar-refractivity contribution in [3.63, 3.8) is 0 Å². The van der Waals surface area contributed by atoms with E-state index in [0.29, 0.717) is 18.0 Å². The van der Waals surface area contributed by atoms with Crippen LogP contribution in [-0.4, -0.2) is 64.7 Å². The van der Waals surface area contributed by atoms with Crippen LogP contribution in [0, 0.1) is 0 Å². The third-order valence-corrected chi connectivity index (χ3v) is 6.19. The van der Waals surface area contributed by atoms with Gasteiger partial charge in [0.25, 0.3) is 0 Å².